The van der Waals surface area contributed by atoms with E-state index in [-0.39, 0.29) is 37.6 Å². The summed E-state index contributed by atoms with van der Waals surface area (Å²) in [5.41, 5.74) is 1.38. The van der Waals surface area contributed by atoms with Gasteiger partial charge >= 0.3 is 11.9 Å². The Morgan fingerprint density at radius 1 is 0.939 bits per heavy atom. The van der Waals surface area contributed by atoms with Crippen LogP contribution in [0.5, 0.6) is 11.5 Å². The molecule has 0 spiro atoms. The number of hydrogen-bond acceptors (Lipinski definition) is 8. The van der Waals surface area contributed by atoms with E-state index in [2.05, 4.69) is 0 Å². The number of rotatable bonds is 8. The number of carbonyl (C=O) groups is 3. The van der Waals surface area contributed by atoms with E-state index in [1.165, 1.54) is 0 Å². The molecule has 8 nitrogen and oxygen atoms in total. The van der Waals surface area contributed by atoms with Crippen molar-refractivity contribution in [3.05, 3.63) is 59.4 Å². The number of benzene rings is 2. The van der Waals surface area contributed by atoms with Crippen LogP contribution in [-0.4, -0.2) is 37.5 Å². The molecule has 0 fully saturated rings. The molecule has 1 aliphatic rings. The van der Waals surface area contributed by atoms with Gasteiger partial charge < -0.3 is 23.4 Å². The van der Waals surface area contributed by atoms with Gasteiger partial charge in [0.05, 0.1) is 31.8 Å². The van der Waals surface area contributed by atoms with Crippen LogP contribution in [0.1, 0.15) is 52.7 Å². The second-order valence-corrected chi connectivity index (χ2v) is 7.42. The Balaban J connectivity index is 1.38. The van der Waals surface area contributed by atoms with Crippen molar-refractivity contribution >= 4 is 28.7 Å². The number of ketones is 1. The van der Waals surface area contributed by atoms with Gasteiger partial charge in [0.15, 0.2) is 17.3 Å². The first kappa shape index (κ1) is 22.4. The summed E-state index contributed by atoms with van der Waals surface area (Å²) in [6, 6.07) is 12.1. The Morgan fingerprint density at radius 2 is 1.73 bits per heavy atom. The summed E-state index contributed by atoms with van der Waals surface area (Å²) in [7, 11) is 0. The Bertz CT molecular complexity index is 1180. The number of Topliss-reactive ketones (excluding diaryl/α,β-unsaturated/α-hetero) is 1. The average molecular weight is 452 g/mol. The molecular weight excluding hydrogens is 428 g/mol. The zero-order chi connectivity index (χ0) is 23.2. The SMILES string of the molecule is CCOC(=O)c1oc2ccccc2c1COC(=O)CCC(=O)c1ccc2c(c1)OCCCO2. The van der Waals surface area contributed by atoms with Crippen molar-refractivity contribution in [1.29, 1.82) is 0 Å². The van der Waals surface area contributed by atoms with Crippen LogP contribution in [0.25, 0.3) is 11.0 Å². The highest BCUT2D eigenvalue weighted by Crippen LogP contribution is 2.31. The standard InChI is InChI=1S/C25H24O8/c1-2-29-25(28)24-18(17-6-3-4-7-20(17)33-24)15-32-23(27)11-9-19(26)16-8-10-21-22(14-16)31-13-5-12-30-21/h3-4,6-8,10,14H,2,5,9,11-13,15H2,1H3. The van der Waals surface area contributed by atoms with Crippen LogP contribution in [0.4, 0.5) is 0 Å². The highest BCUT2D eigenvalue weighted by Gasteiger charge is 2.23. The molecule has 0 radical (unpaired) electrons. The van der Waals surface area contributed by atoms with E-state index >= 15 is 0 Å². The molecule has 1 aromatic heterocycles. The molecule has 2 heterocycles. The molecule has 0 saturated heterocycles. The molecule has 3 aromatic rings. The highest BCUT2D eigenvalue weighted by molar-refractivity contribution is 5.98. The number of fused-ring (bicyclic) bond motifs is 2. The Morgan fingerprint density at radius 3 is 2.55 bits per heavy atom. The van der Waals surface area contributed by atoms with Gasteiger partial charge in [-0.3, -0.25) is 9.59 Å². The molecular formula is C25H24O8. The number of ether oxygens (including phenoxy) is 4. The van der Waals surface area contributed by atoms with Gasteiger partial charge in [0, 0.05) is 23.8 Å². The fourth-order valence-electron chi connectivity index (χ4n) is 3.53. The predicted molar refractivity (Wildman–Crippen MR) is 118 cm³/mol. The van der Waals surface area contributed by atoms with Crippen LogP contribution in [0.2, 0.25) is 0 Å². The molecule has 33 heavy (non-hydrogen) atoms. The molecule has 0 saturated carbocycles. The lowest BCUT2D eigenvalue weighted by Gasteiger charge is -2.09. The third-order valence-corrected chi connectivity index (χ3v) is 5.16. The van der Waals surface area contributed by atoms with Crippen molar-refractivity contribution in [3.63, 3.8) is 0 Å². The predicted octanol–water partition coefficient (Wildman–Crippen LogP) is 4.48. The van der Waals surface area contributed by atoms with Gasteiger partial charge in [-0.05, 0) is 31.2 Å². The smallest absolute Gasteiger partial charge is 0.374 e. The van der Waals surface area contributed by atoms with Crippen molar-refractivity contribution in [3.8, 4) is 11.5 Å². The molecule has 0 atom stereocenters. The third-order valence-electron chi connectivity index (χ3n) is 5.16. The van der Waals surface area contributed by atoms with Gasteiger partial charge in [0.2, 0.25) is 5.76 Å². The maximum absolute atomic E-state index is 12.6. The molecule has 2 aromatic carbocycles. The molecule has 0 unspecified atom stereocenters. The van der Waals surface area contributed by atoms with Crippen LogP contribution in [0.3, 0.4) is 0 Å². The van der Waals surface area contributed by atoms with E-state index in [0.29, 0.717) is 46.8 Å². The molecule has 0 bridgehead atoms. The minimum absolute atomic E-state index is 0.00845. The Labute approximate surface area is 190 Å². The third kappa shape index (κ3) is 5.16. The number of hydrogen-bond donors (Lipinski definition) is 0. The van der Waals surface area contributed by atoms with E-state index in [1.54, 1.807) is 49.4 Å². The molecule has 0 aliphatic carbocycles. The van der Waals surface area contributed by atoms with Gasteiger partial charge in [0.25, 0.3) is 0 Å². The lowest BCUT2D eigenvalue weighted by Crippen LogP contribution is -2.11. The lowest BCUT2D eigenvalue weighted by molar-refractivity contribution is -0.144. The number of carbonyl (C=O) groups excluding carboxylic acids is 3. The van der Waals surface area contributed by atoms with Crippen LogP contribution in [0, 0.1) is 0 Å². The zero-order valence-electron chi connectivity index (χ0n) is 18.3. The van der Waals surface area contributed by atoms with E-state index in [1.807, 2.05) is 0 Å². The maximum Gasteiger partial charge on any atom is 0.374 e. The quantitative estimate of drug-likeness (QED) is 0.364. The summed E-state index contributed by atoms with van der Waals surface area (Å²) in [4.78, 5) is 37.1. The summed E-state index contributed by atoms with van der Waals surface area (Å²) < 4.78 is 27.2. The maximum atomic E-state index is 12.6. The summed E-state index contributed by atoms with van der Waals surface area (Å²) in [5.74, 6) is -0.243. The van der Waals surface area contributed by atoms with Crippen LogP contribution in [-0.2, 0) is 20.9 Å². The molecule has 4 rings (SSSR count). The number of para-hydroxylation sites is 1. The molecule has 0 N–H and O–H groups in total. The topological polar surface area (TPSA) is 101 Å². The summed E-state index contributed by atoms with van der Waals surface area (Å²) in [5, 5.41) is 0.664. The summed E-state index contributed by atoms with van der Waals surface area (Å²) in [6.45, 7) is 2.81. The first-order valence-electron chi connectivity index (χ1n) is 10.8. The fourth-order valence-corrected chi connectivity index (χ4v) is 3.53. The molecule has 8 heteroatoms. The monoisotopic (exact) mass is 452 g/mol. The summed E-state index contributed by atoms with van der Waals surface area (Å²) in [6.07, 6.45) is 0.654. The van der Waals surface area contributed by atoms with Crippen molar-refractivity contribution in [2.24, 2.45) is 0 Å². The summed E-state index contributed by atoms with van der Waals surface area (Å²) >= 11 is 0. The normalized spacial score (nSPS) is 12.8. The van der Waals surface area contributed by atoms with Gasteiger partial charge in [-0.1, -0.05) is 18.2 Å². The van der Waals surface area contributed by atoms with E-state index in [4.69, 9.17) is 23.4 Å². The molecule has 0 amide bonds. The van der Waals surface area contributed by atoms with E-state index in [9.17, 15) is 14.4 Å². The van der Waals surface area contributed by atoms with Gasteiger partial charge in [-0.25, -0.2) is 4.79 Å². The number of furan rings is 1. The zero-order valence-corrected chi connectivity index (χ0v) is 18.3. The van der Waals surface area contributed by atoms with Gasteiger partial charge in [0.1, 0.15) is 12.2 Å². The van der Waals surface area contributed by atoms with Crippen molar-refractivity contribution in [2.75, 3.05) is 19.8 Å². The minimum atomic E-state index is -0.621. The Kier molecular flexibility index (Phi) is 6.92. The van der Waals surface area contributed by atoms with E-state index < -0.39 is 11.9 Å². The highest BCUT2D eigenvalue weighted by atomic mass is 16.5. The van der Waals surface area contributed by atoms with Crippen LogP contribution in [0.15, 0.2) is 46.9 Å². The molecule has 1 aliphatic heterocycles. The van der Waals surface area contributed by atoms with Gasteiger partial charge in [-0.2, -0.15) is 0 Å². The van der Waals surface area contributed by atoms with Crippen molar-refractivity contribution in [2.45, 2.75) is 32.8 Å². The first-order valence-corrected chi connectivity index (χ1v) is 10.8. The fraction of sp³-hybridized carbons (Fsp3) is 0.320. The molecule has 172 valence electrons. The largest absolute Gasteiger partial charge is 0.490 e. The Hall–Kier alpha value is -3.81. The second-order valence-electron chi connectivity index (χ2n) is 7.42. The van der Waals surface area contributed by atoms with Crippen LogP contribution >= 0.6 is 0 Å². The second kappa shape index (κ2) is 10.2. The average Bonchev–Trinajstić information content (AvgIpc) is 3.03. The lowest BCUT2D eigenvalue weighted by atomic mass is 10.1. The van der Waals surface area contributed by atoms with Crippen molar-refractivity contribution < 1.29 is 37.7 Å². The van der Waals surface area contributed by atoms with Crippen molar-refractivity contribution in [1.82, 2.24) is 0 Å². The van der Waals surface area contributed by atoms with E-state index in [0.717, 1.165) is 6.42 Å². The first-order chi connectivity index (χ1) is 16.1. The van der Waals surface area contributed by atoms with Gasteiger partial charge in [-0.15, -0.1) is 0 Å². The number of esters is 2. The minimum Gasteiger partial charge on any atom is -0.490 e. The van der Waals surface area contributed by atoms with Crippen LogP contribution < -0.4 is 9.47 Å².